The maximum atomic E-state index is 13.5. The number of rotatable bonds is 7. The van der Waals surface area contributed by atoms with Gasteiger partial charge in [0.05, 0.1) is 5.39 Å². The van der Waals surface area contributed by atoms with E-state index in [9.17, 15) is 14.4 Å². The number of aromatic amines is 1. The molecule has 0 aliphatic carbocycles. The molecule has 2 N–H and O–H groups in total. The predicted molar refractivity (Wildman–Crippen MR) is 143 cm³/mol. The average molecular weight is 511 g/mol. The van der Waals surface area contributed by atoms with E-state index < -0.39 is 23.7 Å². The van der Waals surface area contributed by atoms with Crippen LogP contribution in [0.3, 0.4) is 0 Å². The van der Waals surface area contributed by atoms with Crippen LogP contribution >= 0.6 is 0 Å². The molecule has 8 heteroatoms. The SMILES string of the molecule is Cc1cc(OC(=O)C(Cc2c[nH]c3ccccc23)NC(=O)OCc2ccccc2)c2c(C)cc(=O)oc2c1. The number of carbonyl (C=O) groups is 2. The fourth-order valence-electron chi connectivity index (χ4n) is 4.46. The lowest BCUT2D eigenvalue weighted by atomic mass is 10.0. The molecule has 0 fully saturated rings. The van der Waals surface area contributed by atoms with E-state index in [0.717, 1.165) is 27.6 Å². The van der Waals surface area contributed by atoms with Gasteiger partial charge in [-0.1, -0.05) is 48.5 Å². The maximum Gasteiger partial charge on any atom is 0.408 e. The molecule has 1 atom stereocenters. The first-order valence-corrected chi connectivity index (χ1v) is 12.2. The minimum Gasteiger partial charge on any atom is -0.445 e. The number of amides is 1. The molecule has 38 heavy (non-hydrogen) atoms. The van der Waals surface area contributed by atoms with E-state index in [2.05, 4.69) is 10.3 Å². The lowest BCUT2D eigenvalue weighted by Gasteiger charge is -2.18. The van der Waals surface area contributed by atoms with Crippen molar-refractivity contribution < 1.29 is 23.5 Å². The number of ether oxygens (including phenoxy) is 2. The van der Waals surface area contributed by atoms with Crippen LogP contribution in [0.4, 0.5) is 4.79 Å². The van der Waals surface area contributed by atoms with Crippen LogP contribution in [0.15, 0.2) is 88.2 Å². The summed E-state index contributed by atoms with van der Waals surface area (Å²) in [5, 5.41) is 4.12. The molecular weight excluding hydrogens is 484 g/mol. The summed E-state index contributed by atoms with van der Waals surface area (Å²) in [6.07, 6.45) is 1.23. The highest BCUT2D eigenvalue weighted by atomic mass is 16.6. The van der Waals surface area contributed by atoms with Crippen LogP contribution in [0.1, 0.15) is 22.3 Å². The summed E-state index contributed by atoms with van der Waals surface area (Å²) in [7, 11) is 0. The third-order valence-corrected chi connectivity index (χ3v) is 6.25. The van der Waals surface area contributed by atoms with Gasteiger partial charge in [-0.05, 0) is 54.3 Å². The third-order valence-electron chi connectivity index (χ3n) is 6.25. The molecule has 0 saturated heterocycles. The second-order valence-corrected chi connectivity index (χ2v) is 9.13. The summed E-state index contributed by atoms with van der Waals surface area (Å²) < 4.78 is 16.5. The lowest BCUT2D eigenvalue weighted by Crippen LogP contribution is -2.44. The molecule has 0 aliphatic heterocycles. The Morgan fingerprint density at radius 3 is 2.58 bits per heavy atom. The zero-order valence-electron chi connectivity index (χ0n) is 20.9. The second kappa shape index (κ2) is 10.6. The van der Waals surface area contributed by atoms with Crippen LogP contribution in [0.2, 0.25) is 0 Å². The van der Waals surface area contributed by atoms with E-state index in [1.807, 2.05) is 67.7 Å². The number of benzene rings is 3. The van der Waals surface area contributed by atoms with Gasteiger partial charge < -0.3 is 24.2 Å². The van der Waals surface area contributed by atoms with Crippen molar-refractivity contribution in [3.05, 3.63) is 112 Å². The number of alkyl carbamates (subject to hydrolysis) is 1. The highest BCUT2D eigenvalue weighted by Crippen LogP contribution is 2.30. The van der Waals surface area contributed by atoms with E-state index in [4.69, 9.17) is 13.9 Å². The number of aryl methyl sites for hydroxylation is 2. The first-order chi connectivity index (χ1) is 18.4. The first-order valence-electron chi connectivity index (χ1n) is 12.2. The van der Waals surface area contributed by atoms with E-state index in [-0.39, 0.29) is 18.8 Å². The normalized spacial score (nSPS) is 11.8. The van der Waals surface area contributed by atoms with Gasteiger partial charge in [-0.15, -0.1) is 0 Å². The van der Waals surface area contributed by atoms with Gasteiger partial charge in [0.1, 0.15) is 24.0 Å². The molecule has 0 spiro atoms. The molecule has 2 heterocycles. The van der Waals surface area contributed by atoms with Crippen molar-refractivity contribution in [3.63, 3.8) is 0 Å². The number of para-hydroxylation sites is 1. The molecule has 1 unspecified atom stereocenters. The zero-order chi connectivity index (χ0) is 26.6. The van der Waals surface area contributed by atoms with Gasteiger partial charge in [-0.25, -0.2) is 14.4 Å². The van der Waals surface area contributed by atoms with Crippen molar-refractivity contribution in [2.45, 2.75) is 32.9 Å². The van der Waals surface area contributed by atoms with Crippen molar-refractivity contribution in [2.75, 3.05) is 0 Å². The van der Waals surface area contributed by atoms with Gasteiger partial charge in [0.25, 0.3) is 0 Å². The van der Waals surface area contributed by atoms with Crippen molar-refractivity contribution in [1.29, 1.82) is 0 Å². The molecule has 5 aromatic rings. The molecule has 8 nitrogen and oxygen atoms in total. The van der Waals surface area contributed by atoms with Crippen molar-refractivity contribution in [1.82, 2.24) is 10.3 Å². The summed E-state index contributed by atoms with van der Waals surface area (Å²) in [6, 6.07) is 20.7. The van der Waals surface area contributed by atoms with Crippen LogP contribution in [-0.2, 0) is 22.6 Å². The molecule has 1 amide bonds. The molecule has 0 bridgehead atoms. The van der Waals surface area contributed by atoms with Crippen LogP contribution in [0, 0.1) is 13.8 Å². The summed E-state index contributed by atoms with van der Waals surface area (Å²) in [5.74, 6) is -0.431. The van der Waals surface area contributed by atoms with Crippen LogP contribution in [0.25, 0.3) is 21.9 Å². The monoisotopic (exact) mass is 510 g/mol. The molecule has 2 aromatic heterocycles. The van der Waals surface area contributed by atoms with E-state index in [0.29, 0.717) is 16.5 Å². The number of hydrogen-bond acceptors (Lipinski definition) is 6. The number of H-pyrrole nitrogens is 1. The molecular formula is C30H26N2O6. The number of nitrogens with one attached hydrogen (secondary N) is 2. The number of carbonyl (C=O) groups excluding carboxylic acids is 2. The minimum atomic E-state index is -1.05. The molecule has 0 aliphatic rings. The molecule has 5 rings (SSSR count). The Bertz CT molecular complexity index is 1690. The maximum absolute atomic E-state index is 13.5. The number of aromatic nitrogens is 1. The van der Waals surface area contributed by atoms with E-state index in [1.165, 1.54) is 6.07 Å². The fourth-order valence-corrected chi connectivity index (χ4v) is 4.46. The molecule has 192 valence electrons. The standard InChI is InChI=1S/C30H26N2O6/c1-18-12-25-28(19(2)14-27(33)37-25)26(13-18)38-29(34)24(15-21-16-31-23-11-7-6-10-22(21)23)32-30(35)36-17-20-8-4-3-5-9-20/h3-14,16,24,31H,15,17H2,1-2H3,(H,32,35). The minimum absolute atomic E-state index is 0.0578. The summed E-state index contributed by atoms with van der Waals surface area (Å²) >= 11 is 0. The molecule has 0 radical (unpaired) electrons. The van der Waals surface area contributed by atoms with Gasteiger partial charge >= 0.3 is 17.7 Å². The van der Waals surface area contributed by atoms with Gasteiger partial charge in [0, 0.05) is 29.6 Å². The summed E-state index contributed by atoms with van der Waals surface area (Å²) in [4.78, 5) is 41.3. The van der Waals surface area contributed by atoms with Crippen LogP contribution in [-0.4, -0.2) is 23.1 Å². The number of hydrogen-bond donors (Lipinski definition) is 2. The quantitative estimate of drug-likeness (QED) is 0.174. The van der Waals surface area contributed by atoms with Crippen molar-refractivity contribution >= 4 is 33.9 Å². The average Bonchev–Trinajstić information content (AvgIpc) is 3.29. The second-order valence-electron chi connectivity index (χ2n) is 9.13. The Morgan fingerprint density at radius 1 is 1.00 bits per heavy atom. The third kappa shape index (κ3) is 5.44. The van der Waals surface area contributed by atoms with Gasteiger partial charge in [0.2, 0.25) is 0 Å². The Kier molecular flexibility index (Phi) is 6.95. The smallest absolute Gasteiger partial charge is 0.408 e. The Morgan fingerprint density at radius 2 is 1.76 bits per heavy atom. The largest absolute Gasteiger partial charge is 0.445 e. The summed E-state index contributed by atoms with van der Waals surface area (Å²) in [6.45, 7) is 3.61. The van der Waals surface area contributed by atoms with Gasteiger partial charge in [-0.3, -0.25) is 0 Å². The van der Waals surface area contributed by atoms with E-state index in [1.54, 1.807) is 19.1 Å². The van der Waals surface area contributed by atoms with E-state index >= 15 is 0 Å². The topological polar surface area (TPSA) is 111 Å². The summed E-state index contributed by atoms with van der Waals surface area (Å²) in [5.41, 5.74) is 3.76. The first kappa shape index (κ1) is 24.8. The van der Waals surface area contributed by atoms with Crippen LogP contribution in [0.5, 0.6) is 5.75 Å². The fraction of sp³-hybridized carbons (Fsp3) is 0.167. The highest BCUT2D eigenvalue weighted by molar-refractivity contribution is 5.92. The zero-order valence-corrected chi connectivity index (χ0v) is 20.9. The van der Waals surface area contributed by atoms with Crippen LogP contribution < -0.4 is 15.7 Å². The number of fused-ring (bicyclic) bond motifs is 2. The van der Waals surface area contributed by atoms with Crippen molar-refractivity contribution in [3.8, 4) is 5.75 Å². The lowest BCUT2D eigenvalue weighted by molar-refractivity contribution is -0.136. The Balaban J connectivity index is 1.42. The number of esters is 1. The Labute approximate surface area is 218 Å². The molecule has 3 aromatic carbocycles. The Hall–Kier alpha value is -4.85. The van der Waals surface area contributed by atoms with Gasteiger partial charge in [-0.2, -0.15) is 0 Å². The van der Waals surface area contributed by atoms with Crippen molar-refractivity contribution in [2.24, 2.45) is 0 Å². The highest BCUT2D eigenvalue weighted by Gasteiger charge is 2.26. The molecule has 0 saturated carbocycles. The predicted octanol–water partition coefficient (Wildman–Crippen LogP) is 5.33. The van der Waals surface area contributed by atoms with Gasteiger partial charge in [0.15, 0.2) is 0 Å².